The summed E-state index contributed by atoms with van der Waals surface area (Å²) in [7, 11) is 0. The second-order valence-electron chi connectivity index (χ2n) is 5.59. The van der Waals surface area contributed by atoms with Crippen molar-refractivity contribution in [3.63, 3.8) is 0 Å². The molecule has 1 N–H and O–H groups in total. The normalized spacial score (nSPS) is 13.8. The molecule has 1 aliphatic rings. The van der Waals surface area contributed by atoms with Crippen molar-refractivity contribution in [3.05, 3.63) is 56.2 Å². The Kier molecular flexibility index (Phi) is 5.06. The van der Waals surface area contributed by atoms with Crippen LogP contribution in [0.25, 0.3) is 0 Å². The number of nitrogens with one attached hydrogen (secondary N) is 1. The van der Waals surface area contributed by atoms with Crippen LogP contribution in [0.3, 0.4) is 0 Å². The van der Waals surface area contributed by atoms with E-state index in [0.29, 0.717) is 23.8 Å². The first-order valence-electron chi connectivity index (χ1n) is 7.61. The van der Waals surface area contributed by atoms with E-state index in [-0.39, 0.29) is 22.1 Å². The third-order valence-corrected chi connectivity index (χ3v) is 4.34. The number of pyridine rings is 1. The summed E-state index contributed by atoms with van der Waals surface area (Å²) in [6, 6.07) is 5.90. The number of nitro benzene ring substituents is 1. The van der Waals surface area contributed by atoms with Crippen LogP contribution in [-0.2, 0) is 0 Å². The van der Waals surface area contributed by atoms with E-state index in [2.05, 4.69) is 10.3 Å². The lowest BCUT2D eigenvalue weighted by Crippen LogP contribution is -2.21. The summed E-state index contributed by atoms with van der Waals surface area (Å²) in [5.41, 5.74) is 0.0122. The maximum Gasteiger partial charge on any atom is 0.305 e. The van der Waals surface area contributed by atoms with Crippen molar-refractivity contribution in [2.24, 2.45) is 0 Å². The number of carbonyl (C=O) groups excluding carboxylic acids is 1. The molecule has 0 saturated carbocycles. The predicted molar refractivity (Wildman–Crippen MR) is 96.8 cm³/mol. The minimum Gasteiger partial charge on any atom is -0.366 e. The lowest BCUT2D eigenvalue weighted by Gasteiger charge is -2.19. The van der Waals surface area contributed by atoms with Crippen LogP contribution in [0, 0.1) is 10.1 Å². The summed E-state index contributed by atoms with van der Waals surface area (Å²) in [5, 5.41) is 14.9. The van der Waals surface area contributed by atoms with E-state index in [0.717, 1.165) is 12.8 Å². The Labute approximate surface area is 153 Å². The molecule has 9 heteroatoms. The Balaban J connectivity index is 2.00. The van der Waals surface area contributed by atoms with Crippen LogP contribution in [0.15, 0.2) is 30.5 Å². The number of aromatic nitrogens is 1. The molecule has 0 aliphatic carbocycles. The zero-order valence-corrected chi connectivity index (χ0v) is 14.5. The Morgan fingerprint density at radius 1 is 1.20 bits per heavy atom. The van der Waals surface area contributed by atoms with Crippen molar-refractivity contribution in [1.29, 1.82) is 0 Å². The van der Waals surface area contributed by atoms with Crippen LogP contribution in [0.2, 0.25) is 10.0 Å². The molecule has 1 fully saturated rings. The molecule has 0 spiro atoms. The fourth-order valence-corrected chi connectivity index (χ4v) is 3.11. The summed E-state index contributed by atoms with van der Waals surface area (Å²) in [5.74, 6) is -0.407. The molecule has 1 aliphatic heterocycles. The van der Waals surface area contributed by atoms with E-state index in [1.54, 1.807) is 6.07 Å². The van der Waals surface area contributed by atoms with Gasteiger partial charge in [0.25, 0.3) is 5.91 Å². The quantitative estimate of drug-likeness (QED) is 0.635. The van der Waals surface area contributed by atoms with Gasteiger partial charge >= 0.3 is 5.69 Å². The minimum atomic E-state index is -0.649. The molecule has 0 radical (unpaired) electrons. The maximum atomic E-state index is 12.6. The average Bonchev–Trinajstić information content (AvgIpc) is 3.10. The van der Waals surface area contributed by atoms with Crippen LogP contribution in [0.5, 0.6) is 0 Å². The highest BCUT2D eigenvalue weighted by molar-refractivity contribution is 6.32. The molecule has 1 aromatic heterocycles. The molecular formula is C16H14Cl2N4O3. The van der Waals surface area contributed by atoms with E-state index >= 15 is 0 Å². The van der Waals surface area contributed by atoms with Crippen molar-refractivity contribution in [2.45, 2.75) is 12.8 Å². The summed E-state index contributed by atoms with van der Waals surface area (Å²) in [4.78, 5) is 29.5. The van der Waals surface area contributed by atoms with E-state index in [1.807, 2.05) is 4.90 Å². The number of nitro groups is 1. The number of anilines is 2. The molecule has 0 atom stereocenters. The molecule has 1 saturated heterocycles. The van der Waals surface area contributed by atoms with Gasteiger partial charge in [-0.3, -0.25) is 14.9 Å². The number of nitrogens with zero attached hydrogens (tertiary/aromatic N) is 3. The second-order valence-corrected chi connectivity index (χ2v) is 6.46. The molecule has 0 bridgehead atoms. The Morgan fingerprint density at radius 2 is 1.92 bits per heavy atom. The molecule has 0 unspecified atom stereocenters. The summed E-state index contributed by atoms with van der Waals surface area (Å²) in [6.07, 6.45) is 3.26. The van der Waals surface area contributed by atoms with Crippen LogP contribution >= 0.6 is 23.2 Å². The topological polar surface area (TPSA) is 88.4 Å². The van der Waals surface area contributed by atoms with Crippen LogP contribution < -0.4 is 10.2 Å². The predicted octanol–water partition coefficient (Wildman–Crippen LogP) is 4.15. The first kappa shape index (κ1) is 17.4. The number of hydrogen-bond acceptors (Lipinski definition) is 5. The number of rotatable bonds is 4. The molecule has 2 heterocycles. The third kappa shape index (κ3) is 3.83. The Bertz CT molecular complexity index is 821. The SMILES string of the molecule is O=C(Nc1ccc(Cl)cn1)c1cc(Cl)cc(N2CCCC2)c1[N+](=O)[O-]. The largest absolute Gasteiger partial charge is 0.366 e. The average molecular weight is 381 g/mol. The van der Waals surface area contributed by atoms with Gasteiger partial charge in [0.15, 0.2) is 0 Å². The second kappa shape index (κ2) is 7.25. The molecule has 130 valence electrons. The van der Waals surface area contributed by atoms with Gasteiger partial charge in [0.2, 0.25) is 0 Å². The molecule has 3 rings (SSSR count). The van der Waals surface area contributed by atoms with E-state index < -0.39 is 10.8 Å². The summed E-state index contributed by atoms with van der Waals surface area (Å²) < 4.78 is 0. The van der Waals surface area contributed by atoms with Crippen LogP contribution in [0.4, 0.5) is 17.2 Å². The molecule has 25 heavy (non-hydrogen) atoms. The van der Waals surface area contributed by atoms with Crippen LogP contribution in [-0.4, -0.2) is 28.9 Å². The molecule has 2 aromatic rings. The van der Waals surface area contributed by atoms with Gasteiger partial charge in [-0.1, -0.05) is 23.2 Å². The number of halogens is 2. The highest BCUT2D eigenvalue weighted by atomic mass is 35.5. The van der Waals surface area contributed by atoms with Crippen LogP contribution in [0.1, 0.15) is 23.2 Å². The van der Waals surface area contributed by atoms with Gasteiger partial charge < -0.3 is 10.2 Å². The van der Waals surface area contributed by atoms with Gasteiger partial charge in [0, 0.05) is 24.3 Å². The third-order valence-electron chi connectivity index (χ3n) is 3.90. The van der Waals surface area contributed by atoms with Crippen molar-refractivity contribution >= 4 is 46.3 Å². The molecular weight excluding hydrogens is 367 g/mol. The Morgan fingerprint density at radius 3 is 2.52 bits per heavy atom. The van der Waals surface area contributed by atoms with Gasteiger partial charge in [-0.2, -0.15) is 0 Å². The van der Waals surface area contributed by atoms with Crippen molar-refractivity contribution in [2.75, 3.05) is 23.3 Å². The summed E-state index contributed by atoms with van der Waals surface area (Å²) >= 11 is 11.9. The first-order valence-corrected chi connectivity index (χ1v) is 8.37. The highest BCUT2D eigenvalue weighted by Gasteiger charge is 2.30. The number of carbonyl (C=O) groups is 1. The zero-order chi connectivity index (χ0) is 18.0. The maximum absolute atomic E-state index is 12.6. The smallest absolute Gasteiger partial charge is 0.305 e. The van der Waals surface area contributed by atoms with Crippen molar-refractivity contribution in [3.8, 4) is 0 Å². The highest BCUT2D eigenvalue weighted by Crippen LogP contribution is 2.37. The molecule has 1 aromatic carbocycles. The van der Waals surface area contributed by atoms with Gasteiger partial charge in [-0.25, -0.2) is 4.98 Å². The van der Waals surface area contributed by atoms with E-state index in [9.17, 15) is 14.9 Å². The summed E-state index contributed by atoms with van der Waals surface area (Å²) in [6.45, 7) is 1.39. The van der Waals surface area contributed by atoms with E-state index in [1.165, 1.54) is 24.4 Å². The van der Waals surface area contributed by atoms with Crippen molar-refractivity contribution in [1.82, 2.24) is 4.98 Å². The number of hydrogen-bond donors (Lipinski definition) is 1. The fourth-order valence-electron chi connectivity index (χ4n) is 2.78. The van der Waals surface area contributed by atoms with Gasteiger partial charge in [0.1, 0.15) is 17.1 Å². The number of benzene rings is 1. The monoisotopic (exact) mass is 380 g/mol. The molecule has 7 nitrogen and oxygen atoms in total. The van der Waals surface area contributed by atoms with Crippen molar-refractivity contribution < 1.29 is 9.72 Å². The van der Waals surface area contributed by atoms with Gasteiger partial charge in [-0.05, 0) is 37.1 Å². The minimum absolute atomic E-state index is 0.101. The lowest BCUT2D eigenvalue weighted by molar-refractivity contribution is -0.384. The van der Waals surface area contributed by atoms with E-state index in [4.69, 9.17) is 23.2 Å². The lowest BCUT2D eigenvalue weighted by atomic mass is 10.1. The Hall–Kier alpha value is -2.38. The molecule has 1 amide bonds. The zero-order valence-electron chi connectivity index (χ0n) is 13.0. The number of amides is 1. The fraction of sp³-hybridized carbons (Fsp3) is 0.250. The van der Waals surface area contributed by atoms with Gasteiger partial charge in [-0.15, -0.1) is 0 Å². The first-order chi connectivity index (χ1) is 12.0. The standard InChI is InChI=1S/C16H14Cl2N4O3/c17-10-3-4-14(19-9-10)20-16(23)12-7-11(18)8-13(15(12)22(24)25)21-5-1-2-6-21/h3-4,7-9H,1-2,5-6H2,(H,19,20,23). The van der Waals surface area contributed by atoms with Gasteiger partial charge in [0.05, 0.1) is 9.95 Å².